The maximum Gasteiger partial charge on any atom is 0.137 e. The molecule has 1 aliphatic heterocycles. The number of aromatic nitrogens is 1. The third-order valence-corrected chi connectivity index (χ3v) is 4.25. The Morgan fingerprint density at radius 1 is 1.00 bits per heavy atom. The van der Waals surface area contributed by atoms with E-state index in [0.29, 0.717) is 23.5 Å². The molecule has 0 unspecified atom stereocenters. The van der Waals surface area contributed by atoms with E-state index in [1.807, 2.05) is 24.3 Å². The zero-order valence-corrected chi connectivity index (χ0v) is 13.9. The van der Waals surface area contributed by atoms with E-state index >= 15 is 0 Å². The van der Waals surface area contributed by atoms with E-state index in [-0.39, 0.29) is 0 Å². The lowest BCUT2D eigenvalue weighted by Crippen LogP contribution is -2.47. The summed E-state index contributed by atoms with van der Waals surface area (Å²) in [6, 6.07) is 15.2. The van der Waals surface area contributed by atoms with E-state index in [2.05, 4.69) is 26.9 Å². The predicted octanol–water partition coefficient (Wildman–Crippen LogP) is 2.03. The van der Waals surface area contributed by atoms with Crippen molar-refractivity contribution < 1.29 is 4.74 Å². The number of anilines is 1. The molecule has 2 aromatic rings. The highest BCUT2D eigenvalue weighted by molar-refractivity contribution is 5.43. The van der Waals surface area contributed by atoms with Gasteiger partial charge in [-0.05, 0) is 24.3 Å². The van der Waals surface area contributed by atoms with Crippen LogP contribution in [0, 0.1) is 22.7 Å². The van der Waals surface area contributed by atoms with Crippen LogP contribution in [0.2, 0.25) is 0 Å². The van der Waals surface area contributed by atoms with Crippen LogP contribution in [0.15, 0.2) is 42.6 Å². The van der Waals surface area contributed by atoms with Crippen molar-refractivity contribution in [2.24, 2.45) is 0 Å². The van der Waals surface area contributed by atoms with Crippen molar-refractivity contribution in [3.63, 3.8) is 0 Å². The van der Waals surface area contributed by atoms with Crippen molar-refractivity contribution in [3.05, 3.63) is 53.7 Å². The van der Waals surface area contributed by atoms with Crippen LogP contribution in [0.4, 0.5) is 5.82 Å². The van der Waals surface area contributed by atoms with Gasteiger partial charge in [0, 0.05) is 38.9 Å². The molecule has 0 N–H and O–H groups in total. The molecule has 0 aliphatic carbocycles. The molecule has 126 valence electrons. The fourth-order valence-electron chi connectivity index (χ4n) is 2.81. The Bertz CT molecular complexity index is 783. The maximum absolute atomic E-state index is 9.07. The highest BCUT2D eigenvalue weighted by Crippen LogP contribution is 2.17. The number of rotatable bonds is 5. The molecule has 1 aliphatic rings. The number of nitrogens with zero attached hydrogens (tertiary/aromatic N) is 5. The molecular weight excluding hydrogens is 314 g/mol. The first-order valence-corrected chi connectivity index (χ1v) is 8.25. The third-order valence-electron chi connectivity index (χ3n) is 4.25. The summed E-state index contributed by atoms with van der Waals surface area (Å²) < 4.78 is 5.75. The van der Waals surface area contributed by atoms with Crippen LogP contribution in [0.3, 0.4) is 0 Å². The quantitative estimate of drug-likeness (QED) is 0.833. The lowest BCUT2D eigenvalue weighted by Gasteiger charge is -2.35. The Labute approximate surface area is 147 Å². The smallest absolute Gasteiger partial charge is 0.137 e. The van der Waals surface area contributed by atoms with Gasteiger partial charge in [0.05, 0.1) is 11.1 Å². The number of hydrogen-bond donors (Lipinski definition) is 0. The van der Waals surface area contributed by atoms with Gasteiger partial charge < -0.3 is 9.64 Å². The molecule has 1 saturated heterocycles. The molecule has 0 amide bonds. The summed E-state index contributed by atoms with van der Waals surface area (Å²) in [5, 5.41) is 17.9. The van der Waals surface area contributed by atoms with Crippen LogP contribution >= 0.6 is 0 Å². The fourth-order valence-corrected chi connectivity index (χ4v) is 2.81. The zero-order chi connectivity index (χ0) is 17.5. The Hall–Kier alpha value is -3.09. The van der Waals surface area contributed by atoms with Crippen molar-refractivity contribution in [2.45, 2.75) is 0 Å². The number of piperazine rings is 1. The summed E-state index contributed by atoms with van der Waals surface area (Å²) in [5.74, 6) is 1.56. The van der Waals surface area contributed by atoms with Crippen LogP contribution in [0.25, 0.3) is 0 Å². The molecule has 1 aromatic heterocycles. The Morgan fingerprint density at radius 3 is 2.48 bits per heavy atom. The van der Waals surface area contributed by atoms with Gasteiger partial charge in [-0.15, -0.1) is 0 Å². The van der Waals surface area contributed by atoms with Gasteiger partial charge in [0.2, 0.25) is 0 Å². The van der Waals surface area contributed by atoms with E-state index in [4.69, 9.17) is 15.3 Å². The summed E-state index contributed by atoms with van der Waals surface area (Å²) in [7, 11) is 0. The van der Waals surface area contributed by atoms with Crippen LogP contribution < -0.4 is 9.64 Å². The SMILES string of the molecule is N#Cc1ccc(N2CCN(CCOc3ccccc3C#N)CC2)nc1. The molecule has 0 bridgehead atoms. The Balaban J connectivity index is 1.45. The molecular formula is C19H19N5O. The summed E-state index contributed by atoms with van der Waals surface area (Å²) in [6.45, 7) is 5.06. The first-order chi connectivity index (χ1) is 12.3. The van der Waals surface area contributed by atoms with Crippen molar-refractivity contribution >= 4 is 5.82 Å². The average Bonchev–Trinajstić information content (AvgIpc) is 2.69. The van der Waals surface area contributed by atoms with E-state index in [0.717, 1.165) is 38.5 Å². The predicted molar refractivity (Wildman–Crippen MR) is 94.3 cm³/mol. The standard InChI is InChI=1S/C19H19N5O/c20-13-16-5-6-19(22-15-16)24-9-7-23(8-10-24)11-12-25-18-4-2-1-3-17(18)14-21/h1-6,15H,7-12H2. The molecule has 2 heterocycles. The van der Waals surface area contributed by atoms with Crippen LogP contribution in [-0.2, 0) is 0 Å². The molecule has 1 aromatic carbocycles. The second kappa shape index (κ2) is 8.14. The molecule has 0 spiro atoms. The second-order valence-corrected chi connectivity index (χ2v) is 5.80. The minimum atomic E-state index is 0.563. The first-order valence-electron chi connectivity index (χ1n) is 8.25. The molecule has 6 heteroatoms. The minimum absolute atomic E-state index is 0.563. The van der Waals surface area contributed by atoms with Gasteiger partial charge in [-0.1, -0.05) is 12.1 Å². The monoisotopic (exact) mass is 333 g/mol. The number of hydrogen-bond acceptors (Lipinski definition) is 6. The van der Waals surface area contributed by atoms with Crippen LogP contribution in [0.5, 0.6) is 5.75 Å². The van der Waals surface area contributed by atoms with Gasteiger partial charge in [0.1, 0.15) is 30.3 Å². The number of nitriles is 2. The molecule has 3 rings (SSSR count). The van der Waals surface area contributed by atoms with E-state index in [9.17, 15) is 0 Å². The lowest BCUT2D eigenvalue weighted by molar-refractivity contribution is 0.200. The van der Waals surface area contributed by atoms with Gasteiger partial charge in [0.25, 0.3) is 0 Å². The highest BCUT2D eigenvalue weighted by Gasteiger charge is 2.18. The summed E-state index contributed by atoms with van der Waals surface area (Å²) in [6.07, 6.45) is 1.61. The van der Waals surface area contributed by atoms with Gasteiger partial charge in [-0.3, -0.25) is 4.90 Å². The van der Waals surface area contributed by atoms with Crippen molar-refractivity contribution in [1.29, 1.82) is 10.5 Å². The topological polar surface area (TPSA) is 76.2 Å². The molecule has 0 radical (unpaired) electrons. The van der Waals surface area contributed by atoms with E-state index in [1.165, 1.54) is 0 Å². The summed E-state index contributed by atoms with van der Waals surface area (Å²) in [4.78, 5) is 8.92. The number of pyridine rings is 1. The Morgan fingerprint density at radius 2 is 1.80 bits per heavy atom. The van der Waals surface area contributed by atoms with Crippen LogP contribution in [0.1, 0.15) is 11.1 Å². The fraction of sp³-hybridized carbons (Fsp3) is 0.316. The molecule has 6 nitrogen and oxygen atoms in total. The highest BCUT2D eigenvalue weighted by atomic mass is 16.5. The zero-order valence-electron chi connectivity index (χ0n) is 13.9. The molecule has 25 heavy (non-hydrogen) atoms. The number of para-hydroxylation sites is 1. The van der Waals surface area contributed by atoms with E-state index < -0.39 is 0 Å². The van der Waals surface area contributed by atoms with E-state index in [1.54, 1.807) is 18.3 Å². The molecule has 0 atom stereocenters. The van der Waals surface area contributed by atoms with Crippen LogP contribution in [-0.4, -0.2) is 49.2 Å². The maximum atomic E-state index is 9.07. The van der Waals surface area contributed by atoms with Crippen molar-refractivity contribution in [2.75, 3.05) is 44.2 Å². The average molecular weight is 333 g/mol. The lowest BCUT2D eigenvalue weighted by atomic mass is 10.2. The largest absolute Gasteiger partial charge is 0.491 e. The van der Waals surface area contributed by atoms with Gasteiger partial charge in [-0.25, -0.2) is 4.98 Å². The summed E-state index contributed by atoms with van der Waals surface area (Å²) >= 11 is 0. The van der Waals surface area contributed by atoms with Crippen molar-refractivity contribution in [1.82, 2.24) is 9.88 Å². The Kier molecular flexibility index (Phi) is 5.46. The summed E-state index contributed by atoms with van der Waals surface area (Å²) in [5.41, 5.74) is 1.15. The van der Waals surface area contributed by atoms with Gasteiger partial charge in [-0.2, -0.15) is 10.5 Å². The molecule has 1 fully saturated rings. The van der Waals surface area contributed by atoms with Gasteiger partial charge in [0.15, 0.2) is 0 Å². The van der Waals surface area contributed by atoms with Crippen molar-refractivity contribution in [3.8, 4) is 17.9 Å². The second-order valence-electron chi connectivity index (χ2n) is 5.80. The normalized spacial score (nSPS) is 14.6. The minimum Gasteiger partial charge on any atom is -0.491 e. The first kappa shape index (κ1) is 16.8. The number of benzene rings is 1. The number of ether oxygens (including phenoxy) is 1. The van der Waals surface area contributed by atoms with Gasteiger partial charge >= 0.3 is 0 Å². The third kappa shape index (κ3) is 4.26. The molecule has 0 saturated carbocycles.